The number of fused-ring (bicyclic) bond motifs is 1. The third-order valence-electron chi connectivity index (χ3n) is 5.38. The standard InChI is InChI=1S/C23H26F2N4O3S/c1-11(20(26)30)21(28-18-7-6-14-17(27-18)10-29(5)22(14)31)33-12(2)19-15(24)8-13(9-16(19)25)23(3,4)32/h6-9,12,32H,10H2,1-5H3,(H2,26,30)(H,27,28)/b21-11+. The van der Waals surface area contributed by atoms with E-state index < -0.39 is 28.4 Å². The highest BCUT2D eigenvalue weighted by atomic mass is 32.2. The lowest BCUT2D eigenvalue weighted by Crippen LogP contribution is -2.18. The fourth-order valence-corrected chi connectivity index (χ4v) is 4.53. The van der Waals surface area contributed by atoms with Crippen molar-refractivity contribution in [2.45, 2.75) is 45.1 Å². The number of hydrogen-bond donors (Lipinski definition) is 3. The van der Waals surface area contributed by atoms with Gasteiger partial charge < -0.3 is 21.1 Å². The number of amides is 2. The highest BCUT2D eigenvalue weighted by Crippen LogP contribution is 2.39. The number of nitrogens with zero attached hydrogens (tertiary/aromatic N) is 2. The minimum absolute atomic E-state index is 0.113. The van der Waals surface area contributed by atoms with Crippen LogP contribution in [-0.2, 0) is 16.9 Å². The van der Waals surface area contributed by atoms with Crippen molar-refractivity contribution in [2.75, 3.05) is 12.4 Å². The summed E-state index contributed by atoms with van der Waals surface area (Å²) < 4.78 is 29.6. The Kier molecular flexibility index (Phi) is 6.80. The molecule has 1 unspecified atom stereocenters. The number of benzene rings is 1. The Hall–Kier alpha value is -2.98. The number of halogens is 2. The Morgan fingerprint density at radius 1 is 1.30 bits per heavy atom. The average molecular weight is 477 g/mol. The number of hydrogen-bond acceptors (Lipinski definition) is 6. The van der Waals surface area contributed by atoms with E-state index in [2.05, 4.69) is 10.3 Å². The van der Waals surface area contributed by atoms with E-state index in [1.807, 2.05) is 0 Å². The topological polar surface area (TPSA) is 109 Å². The van der Waals surface area contributed by atoms with Gasteiger partial charge in [-0.3, -0.25) is 9.59 Å². The molecule has 1 atom stereocenters. The number of primary amides is 1. The SMILES string of the molecule is C/C(C(N)=O)=C(/Nc1ccc2c(n1)CN(C)C2=O)SC(C)c1c(F)cc(C(C)(C)O)cc1F. The Morgan fingerprint density at radius 3 is 2.45 bits per heavy atom. The van der Waals surface area contributed by atoms with Crippen LogP contribution in [0.25, 0.3) is 0 Å². The number of anilines is 1. The van der Waals surface area contributed by atoms with Crippen LogP contribution in [0, 0.1) is 11.6 Å². The molecule has 0 radical (unpaired) electrons. The predicted molar refractivity (Wildman–Crippen MR) is 123 cm³/mol. The van der Waals surface area contributed by atoms with E-state index in [1.165, 1.54) is 25.7 Å². The molecule has 4 N–H and O–H groups in total. The number of thioether (sulfide) groups is 1. The van der Waals surface area contributed by atoms with E-state index in [4.69, 9.17) is 5.73 Å². The van der Waals surface area contributed by atoms with Gasteiger partial charge in [0.05, 0.1) is 28.4 Å². The molecule has 0 fully saturated rings. The monoisotopic (exact) mass is 476 g/mol. The summed E-state index contributed by atoms with van der Waals surface area (Å²) in [4.78, 5) is 29.9. The molecule has 2 heterocycles. The third kappa shape index (κ3) is 5.17. The van der Waals surface area contributed by atoms with Gasteiger partial charge in [0.2, 0.25) is 5.91 Å². The van der Waals surface area contributed by atoms with Crippen LogP contribution in [0.1, 0.15) is 60.1 Å². The molecule has 1 aliphatic heterocycles. The number of rotatable bonds is 7. The molecule has 7 nitrogen and oxygen atoms in total. The largest absolute Gasteiger partial charge is 0.386 e. The summed E-state index contributed by atoms with van der Waals surface area (Å²) in [5, 5.41) is 12.6. The summed E-state index contributed by atoms with van der Waals surface area (Å²) >= 11 is 1.01. The van der Waals surface area contributed by atoms with Gasteiger partial charge in [-0.05, 0) is 57.5 Å². The molecule has 1 aliphatic rings. The second kappa shape index (κ2) is 9.11. The molecule has 2 aromatic rings. The first-order valence-electron chi connectivity index (χ1n) is 10.2. The fraction of sp³-hybridized carbons (Fsp3) is 0.348. The molecule has 0 saturated heterocycles. The van der Waals surface area contributed by atoms with Crippen LogP contribution in [0.4, 0.5) is 14.6 Å². The lowest BCUT2D eigenvalue weighted by atomic mass is 9.96. The van der Waals surface area contributed by atoms with Crippen molar-refractivity contribution >= 4 is 29.4 Å². The maximum Gasteiger partial charge on any atom is 0.255 e. The minimum Gasteiger partial charge on any atom is -0.386 e. The first-order valence-corrected chi connectivity index (χ1v) is 11.1. The van der Waals surface area contributed by atoms with Gasteiger partial charge in [-0.1, -0.05) is 11.8 Å². The zero-order chi connectivity index (χ0) is 24.7. The summed E-state index contributed by atoms with van der Waals surface area (Å²) in [5.41, 5.74) is 5.22. The molecular formula is C23H26F2N4O3S. The maximum absolute atomic E-state index is 14.8. The molecule has 0 spiro atoms. The van der Waals surface area contributed by atoms with Crippen molar-refractivity contribution in [1.29, 1.82) is 0 Å². The lowest BCUT2D eigenvalue weighted by molar-refractivity contribution is -0.114. The van der Waals surface area contributed by atoms with Crippen LogP contribution >= 0.6 is 11.8 Å². The van der Waals surface area contributed by atoms with Gasteiger partial charge in [0.25, 0.3) is 5.91 Å². The van der Waals surface area contributed by atoms with E-state index >= 15 is 0 Å². The van der Waals surface area contributed by atoms with Crippen molar-refractivity contribution < 1.29 is 23.5 Å². The Labute approximate surface area is 195 Å². The second-order valence-electron chi connectivity index (χ2n) is 8.47. The number of nitrogens with two attached hydrogens (primary N) is 1. The van der Waals surface area contributed by atoms with Crippen molar-refractivity contribution in [3.05, 3.63) is 68.9 Å². The zero-order valence-corrected chi connectivity index (χ0v) is 19.8. The molecule has 33 heavy (non-hydrogen) atoms. The zero-order valence-electron chi connectivity index (χ0n) is 19.0. The summed E-state index contributed by atoms with van der Waals surface area (Å²) in [6.07, 6.45) is 0. The van der Waals surface area contributed by atoms with Gasteiger partial charge in [0, 0.05) is 23.4 Å². The molecule has 176 valence electrons. The molecular weight excluding hydrogens is 450 g/mol. The van der Waals surface area contributed by atoms with Crippen LogP contribution in [0.5, 0.6) is 0 Å². The predicted octanol–water partition coefficient (Wildman–Crippen LogP) is 3.80. The Morgan fingerprint density at radius 2 is 1.91 bits per heavy atom. The summed E-state index contributed by atoms with van der Waals surface area (Å²) in [6, 6.07) is 5.43. The van der Waals surface area contributed by atoms with Gasteiger partial charge in [-0.25, -0.2) is 13.8 Å². The summed E-state index contributed by atoms with van der Waals surface area (Å²) in [5.74, 6) is -2.07. The highest BCUT2D eigenvalue weighted by molar-refractivity contribution is 8.03. The van der Waals surface area contributed by atoms with Crippen LogP contribution in [0.2, 0.25) is 0 Å². The molecule has 2 amide bonds. The van der Waals surface area contributed by atoms with Gasteiger partial charge in [0.15, 0.2) is 0 Å². The van der Waals surface area contributed by atoms with Crippen molar-refractivity contribution in [2.24, 2.45) is 5.73 Å². The van der Waals surface area contributed by atoms with Crippen molar-refractivity contribution in [3.63, 3.8) is 0 Å². The van der Waals surface area contributed by atoms with Crippen LogP contribution in [0.3, 0.4) is 0 Å². The minimum atomic E-state index is -1.40. The molecule has 1 aromatic heterocycles. The van der Waals surface area contributed by atoms with Gasteiger partial charge in [0.1, 0.15) is 17.5 Å². The number of pyridine rings is 1. The van der Waals surface area contributed by atoms with Crippen LogP contribution < -0.4 is 11.1 Å². The maximum atomic E-state index is 14.8. The van der Waals surface area contributed by atoms with E-state index in [0.717, 1.165) is 23.9 Å². The number of carbonyl (C=O) groups is 2. The molecule has 1 aromatic carbocycles. The van der Waals surface area contributed by atoms with Crippen molar-refractivity contribution in [3.8, 4) is 0 Å². The van der Waals surface area contributed by atoms with Crippen LogP contribution in [-0.4, -0.2) is 33.9 Å². The number of aliphatic hydroxyl groups is 1. The van der Waals surface area contributed by atoms with Crippen molar-refractivity contribution in [1.82, 2.24) is 9.88 Å². The van der Waals surface area contributed by atoms with E-state index in [-0.39, 0.29) is 27.6 Å². The smallest absolute Gasteiger partial charge is 0.255 e. The molecule has 0 bridgehead atoms. The van der Waals surface area contributed by atoms with E-state index in [0.29, 0.717) is 23.6 Å². The molecule has 10 heteroatoms. The third-order valence-corrected chi connectivity index (χ3v) is 6.61. The Balaban J connectivity index is 1.92. The Bertz CT molecular complexity index is 1140. The molecule has 0 aliphatic carbocycles. The number of aromatic nitrogens is 1. The second-order valence-corrected chi connectivity index (χ2v) is 9.82. The quantitative estimate of drug-likeness (QED) is 0.525. The average Bonchev–Trinajstić information content (AvgIpc) is 2.98. The van der Waals surface area contributed by atoms with Crippen LogP contribution in [0.15, 0.2) is 34.9 Å². The number of carbonyl (C=O) groups excluding carboxylic acids is 2. The van der Waals surface area contributed by atoms with E-state index in [9.17, 15) is 23.5 Å². The first kappa shape index (κ1) is 24.7. The normalized spacial score (nSPS) is 15.3. The highest BCUT2D eigenvalue weighted by Gasteiger charge is 2.27. The number of nitrogens with one attached hydrogen (secondary N) is 1. The summed E-state index contributed by atoms with van der Waals surface area (Å²) in [7, 11) is 1.67. The molecule has 0 saturated carbocycles. The van der Waals surface area contributed by atoms with Gasteiger partial charge in [-0.15, -0.1) is 0 Å². The fourth-order valence-electron chi connectivity index (χ4n) is 3.39. The van der Waals surface area contributed by atoms with E-state index in [1.54, 1.807) is 26.1 Å². The van der Waals surface area contributed by atoms with Gasteiger partial charge >= 0.3 is 0 Å². The first-order chi connectivity index (χ1) is 15.3. The molecule has 3 rings (SSSR count). The summed E-state index contributed by atoms with van der Waals surface area (Å²) in [6.45, 7) is 6.32. The lowest BCUT2D eigenvalue weighted by Gasteiger charge is -2.22. The van der Waals surface area contributed by atoms with Gasteiger partial charge in [-0.2, -0.15) is 0 Å².